The van der Waals surface area contributed by atoms with Crippen LogP contribution in [0.4, 0.5) is 18.3 Å². The van der Waals surface area contributed by atoms with Gasteiger partial charge < -0.3 is 10.1 Å². The van der Waals surface area contributed by atoms with E-state index >= 15 is 0 Å². The van der Waals surface area contributed by atoms with E-state index in [2.05, 4.69) is 20.0 Å². The Hall–Kier alpha value is -2.46. The van der Waals surface area contributed by atoms with Crippen LogP contribution in [0.15, 0.2) is 42.0 Å². The average molecular weight is 385 g/mol. The van der Waals surface area contributed by atoms with Gasteiger partial charge in [-0.25, -0.2) is 9.97 Å². The van der Waals surface area contributed by atoms with Crippen molar-refractivity contribution in [2.45, 2.75) is 12.8 Å². The van der Waals surface area contributed by atoms with Gasteiger partial charge >= 0.3 is 6.36 Å². The van der Waals surface area contributed by atoms with Crippen molar-refractivity contribution < 1.29 is 22.7 Å². The quantitative estimate of drug-likeness (QED) is 0.709. The predicted octanol–water partition coefficient (Wildman–Crippen LogP) is 4.35. The molecule has 130 valence electrons. The summed E-state index contributed by atoms with van der Waals surface area (Å²) in [4.78, 5) is 20.8. The highest BCUT2D eigenvalue weighted by atomic mass is 32.1. The minimum atomic E-state index is -4.72. The third-order valence-corrected chi connectivity index (χ3v) is 4.64. The first-order valence-electron chi connectivity index (χ1n) is 6.89. The Morgan fingerprint density at radius 2 is 1.96 bits per heavy atom. The van der Waals surface area contributed by atoms with Crippen LogP contribution < -0.4 is 10.1 Å². The summed E-state index contributed by atoms with van der Waals surface area (Å²) in [6.45, 7) is 0. The van der Waals surface area contributed by atoms with Crippen molar-refractivity contribution in [1.29, 1.82) is 0 Å². The zero-order valence-electron chi connectivity index (χ0n) is 12.4. The molecule has 25 heavy (non-hydrogen) atoms. The number of hydrogen-bond donors (Lipinski definition) is 1. The van der Waals surface area contributed by atoms with Crippen molar-refractivity contribution in [3.8, 4) is 16.3 Å². The Morgan fingerprint density at radius 3 is 2.60 bits per heavy atom. The first-order chi connectivity index (χ1) is 11.9. The van der Waals surface area contributed by atoms with Crippen LogP contribution in [0.5, 0.6) is 5.75 Å². The Bertz CT molecular complexity index is 846. The molecule has 2 heterocycles. The smallest absolute Gasteiger partial charge is 0.406 e. The molecule has 0 aliphatic heterocycles. The number of benzene rings is 1. The summed E-state index contributed by atoms with van der Waals surface area (Å²) in [6.07, 6.45) is -1.41. The second-order valence-electron chi connectivity index (χ2n) is 4.77. The van der Waals surface area contributed by atoms with Crippen LogP contribution in [-0.2, 0) is 11.2 Å². The van der Waals surface area contributed by atoms with Gasteiger partial charge in [0, 0.05) is 28.2 Å². The van der Waals surface area contributed by atoms with Crippen molar-refractivity contribution in [2.24, 2.45) is 0 Å². The van der Waals surface area contributed by atoms with E-state index in [1.54, 1.807) is 17.8 Å². The van der Waals surface area contributed by atoms with Gasteiger partial charge in [-0.3, -0.25) is 4.79 Å². The molecule has 1 N–H and O–H groups in total. The van der Waals surface area contributed by atoms with E-state index in [9.17, 15) is 18.0 Å². The Kier molecular flexibility index (Phi) is 5.00. The molecule has 0 bridgehead atoms. The van der Waals surface area contributed by atoms with Crippen molar-refractivity contribution in [1.82, 2.24) is 9.97 Å². The second kappa shape index (κ2) is 7.19. The summed E-state index contributed by atoms with van der Waals surface area (Å²) in [5, 5.41) is 5.56. The molecule has 2 aromatic heterocycles. The number of nitrogens with one attached hydrogen (secondary N) is 1. The molecule has 3 aromatic rings. The van der Waals surface area contributed by atoms with Gasteiger partial charge in [0.05, 0.1) is 6.42 Å². The summed E-state index contributed by atoms with van der Waals surface area (Å²) in [6, 6.07) is 5.41. The number of rotatable bonds is 5. The van der Waals surface area contributed by atoms with Gasteiger partial charge in [0.15, 0.2) is 5.13 Å². The number of halogens is 3. The fourth-order valence-electron chi connectivity index (χ4n) is 1.93. The Morgan fingerprint density at radius 1 is 1.20 bits per heavy atom. The van der Waals surface area contributed by atoms with Crippen LogP contribution in [0.2, 0.25) is 0 Å². The highest BCUT2D eigenvalue weighted by Crippen LogP contribution is 2.29. The van der Waals surface area contributed by atoms with E-state index in [1.807, 2.05) is 0 Å². The van der Waals surface area contributed by atoms with Gasteiger partial charge in [-0.05, 0) is 24.3 Å². The Labute approximate surface area is 148 Å². The Balaban J connectivity index is 1.63. The fourth-order valence-corrected chi connectivity index (χ4v) is 3.39. The fraction of sp³-hybridized carbons (Fsp3) is 0.133. The minimum Gasteiger partial charge on any atom is -0.406 e. The molecular formula is C15H10F3N3O2S2. The molecule has 10 heteroatoms. The van der Waals surface area contributed by atoms with Crippen LogP contribution in [0.25, 0.3) is 10.6 Å². The zero-order chi connectivity index (χ0) is 17.9. The maximum Gasteiger partial charge on any atom is 0.573 e. The minimum absolute atomic E-state index is 0.145. The van der Waals surface area contributed by atoms with Gasteiger partial charge in [-0.15, -0.1) is 35.8 Å². The monoisotopic (exact) mass is 385 g/mol. The van der Waals surface area contributed by atoms with Crippen LogP contribution in [0.1, 0.15) is 4.88 Å². The molecule has 0 aliphatic rings. The normalized spacial score (nSPS) is 11.3. The lowest BCUT2D eigenvalue weighted by Crippen LogP contribution is -2.16. The number of hydrogen-bond acceptors (Lipinski definition) is 6. The number of nitrogens with zero attached hydrogens (tertiary/aromatic N) is 2. The van der Waals surface area contributed by atoms with Gasteiger partial charge in [-0.2, -0.15) is 0 Å². The van der Waals surface area contributed by atoms with Crippen molar-refractivity contribution in [3.05, 3.63) is 46.9 Å². The maximum atomic E-state index is 12.2. The van der Waals surface area contributed by atoms with Gasteiger partial charge in [0.1, 0.15) is 10.8 Å². The largest absolute Gasteiger partial charge is 0.573 e. The SMILES string of the molecule is O=C(Cc1cnc(-c2ccc(OC(F)(F)F)cc2)s1)Nc1nccs1. The maximum absolute atomic E-state index is 12.2. The van der Waals surface area contributed by atoms with E-state index < -0.39 is 6.36 Å². The van der Waals surface area contributed by atoms with Gasteiger partial charge in [-0.1, -0.05) is 0 Å². The molecular weight excluding hydrogens is 375 g/mol. The highest BCUT2D eigenvalue weighted by molar-refractivity contribution is 7.15. The topological polar surface area (TPSA) is 64.1 Å². The number of carbonyl (C=O) groups is 1. The van der Waals surface area contributed by atoms with Crippen molar-refractivity contribution >= 4 is 33.7 Å². The van der Waals surface area contributed by atoms with Crippen molar-refractivity contribution in [3.63, 3.8) is 0 Å². The molecule has 0 unspecified atom stereocenters. The lowest BCUT2D eigenvalue weighted by molar-refractivity contribution is -0.274. The third-order valence-electron chi connectivity index (χ3n) is 2.90. The van der Waals surface area contributed by atoms with Crippen LogP contribution in [-0.4, -0.2) is 22.2 Å². The first-order valence-corrected chi connectivity index (χ1v) is 8.59. The molecule has 5 nitrogen and oxygen atoms in total. The van der Waals surface area contributed by atoms with E-state index in [4.69, 9.17) is 0 Å². The summed E-state index contributed by atoms with van der Waals surface area (Å²) in [5.74, 6) is -0.505. The molecule has 0 saturated carbocycles. The second-order valence-corrected chi connectivity index (χ2v) is 6.78. The molecule has 0 atom stereocenters. The summed E-state index contributed by atoms with van der Waals surface area (Å²) in [7, 11) is 0. The molecule has 1 aromatic carbocycles. The number of aromatic nitrogens is 2. The van der Waals surface area contributed by atoms with Crippen LogP contribution >= 0.6 is 22.7 Å². The van der Waals surface area contributed by atoms with Crippen LogP contribution in [0.3, 0.4) is 0 Å². The summed E-state index contributed by atoms with van der Waals surface area (Å²) < 4.78 is 40.3. The molecule has 3 rings (SSSR count). The number of carbonyl (C=O) groups excluding carboxylic acids is 1. The number of ether oxygens (including phenoxy) is 1. The lowest BCUT2D eigenvalue weighted by Gasteiger charge is -2.08. The van der Waals surface area contributed by atoms with E-state index in [0.717, 1.165) is 4.88 Å². The molecule has 0 saturated heterocycles. The molecule has 0 aliphatic carbocycles. The van der Waals surface area contributed by atoms with Crippen LogP contribution in [0, 0.1) is 0 Å². The lowest BCUT2D eigenvalue weighted by atomic mass is 10.2. The number of alkyl halides is 3. The van der Waals surface area contributed by atoms with Gasteiger partial charge in [0.25, 0.3) is 0 Å². The van der Waals surface area contributed by atoms with E-state index in [-0.39, 0.29) is 18.1 Å². The molecule has 0 fully saturated rings. The number of amides is 1. The van der Waals surface area contributed by atoms with E-state index in [0.29, 0.717) is 15.7 Å². The first kappa shape index (κ1) is 17.4. The highest BCUT2D eigenvalue weighted by Gasteiger charge is 2.31. The van der Waals surface area contributed by atoms with Crippen molar-refractivity contribution in [2.75, 3.05) is 5.32 Å². The summed E-state index contributed by atoms with van der Waals surface area (Å²) >= 11 is 2.62. The molecule has 0 spiro atoms. The molecule has 1 amide bonds. The zero-order valence-corrected chi connectivity index (χ0v) is 14.0. The van der Waals surface area contributed by atoms with E-state index in [1.165, 1.54) is 46.9 Å². The standard InChI is InChI=1S/C15H10F3N3O2S2/c16-15(17,18)23-10-3-1-9(2-4-10)13-20-8-11(25-13)7-12(22)21-14-19-5-6-24-14/h1-6,8H,7H2,(H,19,21,22). The number of thiazole rings is 2. The average Bonchev–Trinajstić information content (AvgIpc) is 3.18. The predicted molar refractivity (Wildman–Crippen MR) is 88.7 cm³/mol. The number of anilines is 1. The van der Waals surface area contributed by atoms with Gasteiger partial charge in [0.2, 0.25) is 5.91 Å². The molecule has 0 radical (unpaired) electrons. The summed E-state index contributed by atoms with van der Waals surface area (Å²) in [5.41, 5.74) is 0.645. The third kappa shape index (κ3) is 5.00.